The first-order valence-electron chi connectivity index (χ1n) is 6.87. The highest BCUT2D eigenvalue weighted by Gasteiger charge is 2.19. The van der Waals surface area contributed by atoms with Crippen LogP contribution in [0.4, 0.5) is 8.78 Å². The summed E-state index contributed by atoms with van der Waals surface area (Å²) in [6, 6.07) is 11.6. The quantitative estimate of drug-likeness (QED) is 0.644. The normalized spacial score (nSPS) is 10.6. The van der Waals surface area contributed by atoms with E-state index in [1.165, 1.54) is 0 Å². The zero-order valence-electron chi connectivity index (χ0n) is 12.1. The summed E-state index contributed by atoms with van der Waals surface area (Å²) in [6.07, 6.45) is 0. The van der Waals surface area contributed by atoms with E-state index < -0.39 is 23.2 Å². The Kier molecular flexibility index (Phi) is 4.57. The molecule has 0 spiro atoms. The SMILES string of the molecule is O=C(OCc1cc(-c2ccc(Cl)cc2)on1)c1c(F)cccc1F. The molecule has 7 heteroatoms. The highest BCUT2D eigenvalue weighted by Crippen LogP contribution is 2.23. The lowest BCUT2D eigenvalue weighted by molar-refractivity contribution is 0.0453. The van der Waals surface area contributed by atoms with Gasteiger partial charge in [-0.05, 0) is 36.4 Å². The first-order chi connectivity index (χ1) is 11.5. The van der Waals surface area contributed by atoms with E-state index in [-0.39, 0.29) is 6.61 Å². The van der Waals surface area contributed by atoms with E-state index in [4.69, 9.17) is 20.9 Å². The molecule has 0 radical (unpaired) electrons. The molecule has 24 heavy (non-hydrogen) atoms. The molecule has 1 heterocycles. The Hall–Kier alpha value is -2.73. The lowest BCUT2D eigenvalue weighted by Crippen LogP contribution is -2.10. The average molecular weight is 350 g/mol. The Bertz CT molecular complexity index is 858. The summed E-state index contributed by atoms with van der Waals surface area (Å²) in [6.45, 7) is -0.274. The van der Waals surface area contributed by atoms with Gasteiger partial charge in [-0.25, -0.2) is 13.6 Å². The fourth-order valence-electron chi connectivity index (χ4n) is 2.03. The highest BCUT2D eigenvalue weighted by atomic mass is 35.5. The summed E-state index contributed by atoms with van der Waals surface area (Å²) in [4.78, 5) is 11.8. The van der Waals surface area contributed by atoms with Gasteiger partial charge in [-0.2, -0.15) is 0 Å². The summed E-state index contributed by atoms with van der Waals surface area (Å²) in [5, 5.41) is 4.34. The van der Waals surface area contributed by atoms with Gasteiger partial charge in [0.05, 0.1) is 0 Å². The molecule has 3 rings (SSSR count). The number of aromatic nitrogens is 1. The minimum absolute atomic E-state index is 0.274. The van der Waals surface area contributed by atoms with Gasteiger partial charge in [0, 0.05) is 16.7 Å². The van der Waals surface area contributed by atoms with Crippen LogP contribution < -0.4 is 0 Å². The lowest BCUT2D eigenvalue weighted by Gasteiger charge is -2.04. The summed E-state index contributed by atoms with van der Waals surface area (Å²) < 4.78 is 37.0. The first-order valence-corrected chi connectivity index (χ1v) is 7.25. The second-order valence-electron chi connectivity index (χ2n) is 4.86. The molecule has 0 aliphatic rings. The van der Waals surface area contributed by atoms with Crippen LogP contribution in [0, 0.1) is 11.6 Å². The van der Waals surface area contributed by atoms with E-state index in [1.807, 2.05) is 0 Å². The monoisotopic (exact) mass is 349 g/mol. The molecule has 0 N–H and O–H groups in total. The molecular weight excluding hydrogens is 340 g/mol. The third kappa shape index (κ3) is 3.44. The van der Waals surface area contributed by atoms with Gasteiger partial charge in [0.2, 0.25) is 0 Å². The third-order valence-corrected chi connectivity index (χ3v) is 3.46. The summed E-state index contributed by atoms with van der Waals surface area (Å²) in [5.74, 6) is -2.62. The van der Waals surface area contributed by atoms with Crippen LogP contribution in [0.1, 0.15) is 16.1 Å². The predicted octanol–water partition coefficient (Wildman–Crippen LogP) is 4.63. The second-order valence-corrected chi connectivity index (χ2v) is 5.30. The molecule has 0 aliphatic carbocycles. The number of carbonyl (C=O) groups excluding carboxylic acids is 1. The Morgan fingerprint density at radius 1 is 1.12 bits per heavy atom. The van der Waals surface area contributed by atoms with Gasteiger partial charge in [-0.15, -0.1) is 0 Å². The summed E-state index contributed by atoms with van der Waals surface area (Å²) in [7, 11) is 0. The molecule has 0 aliphatic heterocycles. The number of nitrogens with zero attached hydrogens (tertiary/aromatic N) is 1. The Balaban J connectivity index is 1.69. The maximum absolute atomic E-state index is 13.5. The maximum Gasteiger partial charge on any atom is 0.344 e. The van der Waals surface area contributed by atoms with Crippen molar-refractivity contribution in [1.29, 1.82) is 0 Å². The van der Waals surface area contributed by atoms with Crippen LogP contribution in [0.15, 0.2) is 53.1 Å². The van der Waals surface area contributed by atoms with E-state index >= 15 is 0 Å². The molecule has 0 atom stereocenters. The lowest BCUT2D eigenvalue weighted by atomic mass is 10.1. The number of esters is 1. The van der Waals surface area contributed by atoms with Gasteiger partial charge in [0.1, 0.15) is 29.5 Å². The van der Waals surface area contributed by atoms with E-state index in [2.05, 4.69) is 5.16 Å². The van der Waals surface area contributed by atoms with Crippen molar-refractivity contribution in [2.24, 2.45) is 0 Å². The van der Waals surface area contributed by atoms with Crippen LogP contribution in [-0.4, -0.2) is 11.1 Å². The average Bonchev–Trinajstić information content (AvgIpc) is 3.02. The van der Waals surface area contributed by atoms with Gasteiger partial charge >= 0.3 is 5.97 Å². The molecular formula is C17H10ClF2NO3. The van der Waals surface area contributed by atoms with Crippen molar-refractivity contribution in [3.63, 3.8) is 0 Å². The number of hydrogen-bond donors (Lipinski definition) is 0. The largest absolute Gasteiger partial charge is 0.455 e. The van der Waals surface area contributed by atoms with Gasteiger partial charge in [0.25, 0.3) is 0 Å². The fraction of sp³-hybridized carbons (Fsp3) is 0.0588. The minimum atomic E-state index is -1.11. The third-order valence-electron chi connectivity index (χ3n) is 3.21. The molecule has 0 unspecified atom stereocenters. The molecule has 0 saturated carbocycles. The van der Waals surface area contributed by atoms with Crippen molar-refractivity contribution in [1.82, 2.24) is 5.16 Å². The van der Waals surface area contributed by atoms with E-state index in [0.29, 0.717) is 16.5 Å². The van der Waals surface area contributed by atoms with Crippen molar-refractivity contribution in [2.75, 3.05) is 0 Å². The van der Waals surface area contributed by atoms with Crippen LogP contribution in [0.3, 0.4) is 0 Å². The standard InChI is InChI=1S/C17H10ClF2NO3/c18-11-6-4-10(5-7-11)15-8-12(21-24-15)9-23-17(22)16-13(19)2-1-3-14(16)20/h1-8H,9H2. The van der Waals surface area contributed by atoms with Crippen molar-refractivity contribution in [2.45, 2.75) is 6.61 Å². The molecule has 0 amide bonds. The number of ether oxygens (including phenoxy) is 1. The van der Waals surface area contributed by atoms with E-state index in [9.17, 15) is 13.6 Å². The Morgan fingerprint density at radius 3 is 2.46 bits per heavy atom. The van der Waals surface area contributed by atoms with Crippen molar-refractivity contribution < 1.29 is 22.8 Å². The van der Waals surface area contributed by atoms with Gasteiger partial charge in [0.15, 0.2) is 5.76 Å². The molecule has 0 bridgehead atoms. The zero-order chi connectivity index (χ0) is 17.1. The van der Waals surface area contributed by atoms with E-state index in [1.54, 1.807) is 30.3 Å². The molecule has 3 aromatic rings. The zero-order valence-corrected chi connectivity index (χ0v) is 12.9. The van der Waals surface area contributed by atoms with Crippen LogP contribution >= 0.6 is 11.6 Å². The molecule has 0 saturated heterocycles. The molecule has 0 fully saturated rings. The first kappa shape index (κ1) is 16.1. The Morgan fingerprint density at radius 2 is 1.79 bits per heavy atom. The van der Waals surface area contributed by atoms with Gasteiger partial charge in [-0.1, -0.05) is 22.8 Å². The minimum Gasteiger partial charge on any atom is -0.455 e. The predicted molar refractivity (Wildman–Crippen MR) is 82.4 cm³/mol. The second kappa shape index (κ2) is 6.80. The number of halogens is 3. The number of carbonyl (C=O) groups is 1. The maximum atomic E-state index is 13.5. The topological polar surface area (TPSA) is 52.3 Å². The van der Waals surface area contributed by atoms with Crippen LogP contribution in [-0.2, 0) is 11.3 Å². The van der Waals surface area contributed by atoms with Gasteiger partial charge < -0.3 is 9.26 Å². The van der Waals surface area contributed by atoms with Gasteiger partial charge in [-0.3, -0.25) is 0 Å². The van der Waals surface area contributed by atoms with E-state index in [0.717, 1.165) is 23.8 Å². The summed E-state index contributed by atoms with van der Waals surface area (Å²) in [5.41, 5.74) is 0.314. The summed E-state index contributed by atoms with van der Waals surface area (Å²) >= 11 is 5.81. The number of benzene rings is 2. The van der Waals surface area contributed by atoms with Crippen molar-refractivity contribution >= 4 is 17.6 Å². The smallest absolute Gasteiger partial charge is 0.344 e. The van der Waals surface area contributed by atoms with Crippen LogP contribution in [0.5, 0.6) is 0 Å². The van der Waals surface area contributed by atoms with Crippen molar-refractivity contribution in [3.05, 3.63) is 76.4 Å². The Labute approximate surface area is 140 Å². The molecule has 1 aromatic heterocycles. The van der Waals surface area contributed by atoms with Crippen LogP contribution in [0.25, 0.3) is 11.3 Å². The highest BCUT2D eigenvalue weighted by molar-refractivity contribution is 6.30. The number of hydrogen-bond acceptors (Lipinski definition) is 4. The fourth-order valence-corrected chi connectivity index (χ4v) is 2.16. The molecule has 2 aromatic carbocycles. The number of rotatable bonds is 4. The molecule has 122 valence electrons. The van der Waals surface area contributed by atoms with Crippen LogP contribution in [0.2, 0.25) is 5.02 Å². The van der Waals surface area contributed by atoms with Crippen molar-refractivity contribution in [3.8, 4) is 11.3 Å². The molecule has 4 nitrogen and oxygen atoms in total.